The van der Waals surface area contributed by atoms with Crippen molar-refractivity contribution in [2.24, 2.45) is 0 Å². The van der Waals surface area contributed by atoms with Gasteiger partial charge in [-0.1, -0.05) is 38.5 Å². The summed E-state index contributed by atoms with van der Waals surface area (Å²) < 4.78 is 0. The van der Waals surface area contributed by atoms with Crippen molar-refractivity contribution in [3.05, 3.63) is 30.3 Å². The summed E-state index contributed by atoms with van der Waals surface area (Å²) in [5, 5.41) is 6.47. The molecule has 1 aromatic rings. The zero-order chi connectivity index (χ0) is 15.1. The van der Waals surface area contributed by atoms with Crippen molar-refractivity contribution in [2.75, 3.05) is 25.0 Å². The smallest absolute Gasteiger partial charge is 0.238 e. The van der Waals surface area contributed by atoms with Crippen LogP contribution < -0.4 is 10.6 Å². The maximum absolute atomic E-state index is 12.2. The van der Waals surface area contributed by atoms with Crippen LogP contribution in [-0.4, -0.2) is 42.5 Å². The fraction of sp³-hybridized carbons (Fsp3) is 0.588. The Kier molecular flexibility index (Phi) is 6.21. The highest BCUT2D eigenvalue weighted by Crippen LogP contribution is 2.16. The second-order valence-corrected chi connectivity index (χ2v) is 6.10. The first-order valence-corrected chi connectivity index (χ1v) is 7.97. The number of para-hydroxylation sites is 1. The zero-order valence-electron chi connectivity index (χ0n) is 13.1. The molecule has 21 heavy (non-hydrogen) atoms. The highest BCUT2D eigenvalue weighted by Gasteiger charge is 2.24. The van der Waals surface area contributed by atoms with E-state index in [0.717, 1.165) is 18.8 Å². The molecule has 1 aromatic carbocycles. The van der Waals surface area contributed by atoms with Crippen LogP contribution in [0.1, 0.15) is 33.1 Å². The Morgan fingerprint density at radius 1 is 1.29 bits per heavy atom. The molecule has 4 nitrogen and oxygen atoms in total. The van der Waals surface area contributed by atoms with Crippen molar-refractivity contribution >= 4 is 11.6 Å². The Labute approximate surface area is 127 Å². The summed E-state index contributed by atoms with van der Waals surface area (Å²) in [6, 6.07) is 10.6. The number of carbonyl (C=O) groups is 1. The van der Waals surface area contributed by atoms with Gasteiger partial charge in [-0.25, -0.2) is 0 Å². The van der Waals surface area contributed by atoms with Crippen molar-refractivity contribution in [1.29, 1.82) is 0 Å². The maximum Gasteiger partial charge on any atom is 0.238 e. The van der Waals surface area contributed by atoms with Gasteiger partial charge in [0.05, 0.1) is 6.54 Å². The molecule has 0 radical (unpaired) electrons. The van der Waals surface area contributed by atoms with Crippen molar-refractivity contribution in [3.63, 3.8) is 0 Å². The van der Waals surface area contributed by atoms with Crippen molar-refractivity contribution < 1.29 is 4.79 Å². The minimum absolute atomic E-state index is 0.0812. The minimum atomic E-state index is 0.0812. The molecule has 2 rings (SSSR count). The Morgan fingerprint density at radius 3 is 2.76 bits per heavy atom. The lowest BCUT2D eigenvalue weighted by Crippen LogP contribution is -2.49. The molecule has 1 fully saturated rings. The lowest BCUT2D eigenvalue weighted by Gasteiger charge is -2.35. The van der Waals surface area contributed by atoms with E-state index in [0.29, 0.717) is 18.6 Å². The van der Waals surface area contributed by atoms with E-state index in [9.17, 15) is 4.79 Å². The quantitative estimate of drug-likeness (QED) is 0.845. The molecule has 0 saturated carbocycles. The predicted molar refractivity (Wildman–Crippen MR) is 87.4 cm³/mol. The molecule has 1 unspecified atom stereocenters. The molecule has 0 aromatic heterocycles. The molecule has 0 aliphatic carbocycles. The van der Waals surface area contributed by atoms with Gasteiger partial charge in [0, 0.05) is 24.3 Å². The highest BCUT2D eigenvalue weighted by atomic mass is 16.2. The number of nitrogens with zero attached hydrogens (tertiary/aromatic N) is 1. The van der Waals surface area contributed by atoms with E-state index in [1.807, 2.05) is 30.3 Å². The summed E-state index contributed by atoms with van der Waals surface area (Å²) in [5.74, 6) is 0.0812. The normalized spacial score (nSPS) is 19.7. The van der Waals surface area contributed by atoms with E-state index in [-0.39, 0.29) is 5.91 Å². The number of carbonyl (C=O) groups excluding carboxylic acids is 1. The molecular formula is C17H27N3O. The summed E-state index contributed by atoms with van der Waals surface area (Å²) in [6.45, 7) is 6.80. The highest BCUT2D eigenvalue weighted by molar-refractivity contribution is 5.92. The number of hydrogen-bond acceptors (Lipinski definition) is 3. The average Bonchev–Trinajstić information content (AvgIpc) is 2.47. The second kappa shape index (κ2) is 8.15. The van der Waals surface area contributed by atoms with Gasteiger partial charge in [0.2, 0.25) is 5.91 Å². The molecule has 0 bridgehead atoms. The second-order valence-electron chi connectivity index (χ2n) is 6.10. The first-order chi connectivity index (χ1) is 10.1. The van der Waals surface area contributed by atoms with E-state index in [4.69, 9.17) is 0 Å². The Balaban J connectivity index is 1.85. The molecule has 2 N–H and O–H groups in total. The van der Waals surface area contributed by atoms with Crippen LogP contribution in [0, 0.1) is 0 Å². The molecule has 1 saturated heterocycles. The van der Waals surface area contributed by atoms with E-state index in [1.54, 1.807) is 0 Å². The standard InChI is InChI=1S/C17H27N3O/c1-14(2)18-12-16-10-6-7-11-20(16)13-17(21)19-15-8-4-3-5-9-15/h3-5,8-9,14,16,18H,6-7,10-13H2,1-2H3,(H,19,21). The summed E-state index contributed by atoms with van der Waals surface area (Å²) in [7, 11) is 0. The Bertz CT molecular complexity index is 433. The van der Waals surface area contributed by atoms with Gasteiger partial charge in [-0.3, -0.25) is 9.69 Å². The molecule has 116 valence electrons. The van der Waals surface area contributed by atoms with Crippen LogP contribution in [0.15, 0.2) is 30.3 Å². The number of amides is 1. The van der Waals surface area contributed by atoms with Crippen LogP contribution in [-0.2, 0) is 4.79 Å². The van der Waals surface area contributed by atoms with E-state index in [2.05, 4.69) is 29.4 Å². The third kappa shape index (κ3) is 5.48. The van der Waals surface area contributed by atoms with Crippen LogP contribution in [0.3, 0.4) is 0 Å². The first-order valence-electron chi connectivity index (χ1n) is 7.97. The topological polar surface area (TPSA) is 44.4 Å². The van der Waals surface area contributed by atoms with Crippen molar-refractivity contribution in [3.8, 4) is 0 Å². The van der Waals surface area contributed by atoms with Crippen LogP contribution in [0.5, 0.6) is 0 Å². The lowest BCUT2D eigenvalue weighted by molar-refractivity contribution is -0.118. The maximum atomic E-state index is 12.2. The number of likely N-dealkylation sites (tertiary alicyclic amines) is 1. The number of hydrogen-bond donors (Lipinski definition) is 2. The largest absolute Gasteiger partial charge is 0.325 e. The summed E-state index contributed by atoms with van der Waals surface area (Å²) in [4.78, 5) is 14.5. The molecule has 0 spiro atoms. The van der Waals surface area contributed by atoms with Gasteiger partial charge in [0.25, 0.3) is 0 Å². The molecule has 1 heterocycles. The number of anilines is 1. The van der Waals surface area contributed by atoms with Crippen LogP contribution >= 0.6 is 0 Å². The van der Waals surface area contributed by atoms with Crippen molar-refractivity contribution in [1.82, 2.24) is 10.2 Å². The Hall–Kier alpha value is -1.39. The monoisotopic (exact) mass is 289 g/mol. The van der Waals surface area contributed by atoms with E-state index < -0.39 is 0 Å². The summed E-state index contributed by atoms with van der Waals surface area (Å²) >= 11 is 0. The third-order valence-electron chi connectivity index (χ3n) is 3.92. The van der Waals surface area contributed by atoms with E-state index >= 15 is 0 Å². The molecule has 1 atom stereocenters. The lowest BCUT2D eigenvalue weighted by atomic mass is 10.0. The predicted octanol–water partition coefficient (Wildman–Crippen LogP) is 2.48. The third-order valence-corrected chi connectivity index (χ3v) is 3.92. The van der Waals surface area contributed by atoms with Gasteiger partial charge in [-0.15, -0.1) is 0 Å². The van der Waals surface area contributed by atoms with Crippen LogP contribution in [0.25, 0.3) is 0 Å². The Morgan fingerprint density at radius 2 is 2.05 bits per heavy atom. The fourth-order valence-electron chi connectivity index (χ4n) is 2.78. The van der Waals surface area contributed by atoms with Crippen LogP contribution in [0.2, 0.25) is 0 Å². The zero-order valence-corrected chi connectivity index (χ0v) is 13.1. The molecule has 1 amide bonds. The van der Waals surface area contributed by atoms with Gasteiger partial charge < -0.3 is 10.6 Å². The number of nitrogens with one attached hydrogen (secondary N) is 2. The van der Waals surface area contributed by atoms with Gasteiger partial charge in [-0.05, 0) is 31.5 Å². The number of piperidine rings is 1. The van der Waals surface area contributed by atoms with Gasteiger partial charge in [-0.2, -0.15) is 0 Å². The minimum Gasteiger partial charge on any atom is -0.325 e. The summed E-state index contributed by atoms with van der Waals surface area (Å²) in [6.07, 6.45) is 3.64. The van der Waals surface area contributed by atoms with Gasteiger partial charge in [0.15, 0.2) is 0 Å². The van der Waals surface area contributed by atoms with Gasteiger partial charge >= 0.3 is 0 Å². The van der Waals surface area contributed by atoms with Gasteiger partial charge in [0.1, 0.15) is 0 Å². The SMILES string of the molecule is CC(C)NCC1CCCCN1CC(=O)Nc1ccccc1. The molecule has 1 aliphatic rings. The molecular weight excluding hydrogens is 262 g/mol. The summed E-state index contributed by atoms with van der Waals surface area (Å²) in [5.41, 5.74) is 0.872. The van der Waals surface area contributed by atoms with Crippen molar-refractivity contribution in [2.45, 2.75) is 45.2 Å². The first kappa shape index (κ1) is 16.0. The van der Waals surface area contributed by atoms with Crippen LogP contribution in [0.4, 0.5) is 5.69 Å². The average molecular weight is 289 g/mol. The molecule has 1 aliphatic heterocycles. The van der Waals surface area contributed by atoms with E-state index in [1.165, 1.54) is 19.3 Å². The number of benzene rings is 1. The molecule has 4 heteroatoms. The number of rotatable bonds is 6. The fourth-order valence-corrected chi connectivity index (χ4v) is 2.78.